The average molecular weight is 438 g/mol. The van der Waals surface area contributed by atoms with Crippen LogP contribution in [0.15, 0.2) is 18.2 Å². The lowest BCUT2D eigenvalue weighted by Gasteiger charge is -2.35. The van der Waals surface area contributed by atoms with Crippen molar-refractivity contribution in [2.45, 2.75) is 69.8 Å². The van der Waals surface area contributed by atoms with Gasteiger partial charge in [-0.25, -0.2) is 18.1 Å². The van der Waals surface area contributed by atoms with Crippen LogP contribution in [0.25, 0.3) is 0 Å². The van der Waals surface area contributed by atoms with E-state index >= 15 is 0 Å². The van der Waals surface area contributed by atoms with E-state index < -0.39 is 28.0 Å². The van der Waals surface area contributed by atoms with E-state index in [0.29, 0.717) is 5.92 Å². The number of hydrogen-bond acceptors (Lipinski definition) is 5. The molecule has 0 amide bonds. The number of halogens is 3. The summed E-state index contributed by atoms with van der Waals surface area (Å²) in [6.07, 6.45) is -0.349. The molecule has 0 bridgehead atoms. The third-order valence-corrected chi connectivity index (χ3v) is 5.96. The lowest BCUT2D eigenvalue weighted by Crippen LogP contribution is -2.44. The van der Waals surface area contributed by atoms with Crippen molar-refractivity contribution in [1.82, 2.24) is 15.0 Å². The second-order valence-corrected chi connectivity index (χ2v) is 10.3. The lowest BCUT2D eigenvalue weighted by atomic mass is 9.79. The van der Waals surface area contributed by atoms with E-state index in [1.54, 1.807) is 0 Å². The third kappa shape index (κ3) is 8.19. The highest BCUT2D eigenvalue weighted by atomic mass is 32.2. The fourth-order valence-electron chi connectivity index (χ4n) is 3.85. The Hall–Kier alpha value is -1.23. The molecule has 1 atom stereocenters. The van der Waals surface area contributed by atoms with Crippen LogP contribution in [0, 0.1) is 5.92 Å². The maximum Gasteiger partial charge on any atom is 0.433 e. The predicted molar refractivity (Wildman–Crippen MR) is 105 cm³/mol. The van der Waals surface area contributed by atoms with Gasteiger partial charge in [-0.1, -0.05) is 6.07 Å². The van der Waals surface area contributed by atoms with E-state index in [1.807, 2.05) is 13.8 Å². The van der Waals surface area contributed by atoms with Gasteiger partial charge in [-0.3, -0.25) is 0 Å². The second-order valence-electron chi connectivity index (χ2n) is 8.54. The topological polar surface area (TPSA) is 91.3 Å². The molecule has 6 nitrogen and oxygen atoms in total. The Bertz CT molecular complexity index is 776. The summed E-state index contributed by atoms with van der Waals surface area (Å²) in [5, 5.41) is 13.5. The first-order valence-corrected chi connectivity index (χ1v) is 11.6. The Morgan fingerprint density at radius 1 is 1.21 bits per heavy atom. The number of rotatable bonds is 8. The van der Waals surface area contributed by atoms with E-state index in [4.69, 9.17) is 0 Å². The Balaban J connectivity index is 1.84. The number of aliphatic hydroxyl groups is 1. The minimum Gasteiger partial charge on any atom is -0.385 e. The number of sulfonamides is 1. The van der Waals surface area contributed by atoms with Crippen LogP contribution in [0.4, 0.5) is 13.2 Å². The molecule has 166 valence electrons. The van der Waals surface area contributed by atoms with Crippen LogP contribution in [0.1, 0.15) is 63.4 Å². The number of aliphatic hydroxyl groups excluding tert-OH is 1. The minimum absolute atomic E-state index is 0.0181. The molecule has 0 spiro atoms. The summed E-state index contributed by atoms with van der Waals surface area (Å²) < 4.78 is 63.7. The molecule has 1 saturated carbocycles. The van der Waals surface area contributed by atoms with E-state index in [9.17, 15) is 26.7 Å². The summed E-state index contributed by atoms with van der Waals surface area (Å²) >= 11 is 0. The molecule has 0 aromatic carbocycles. The van der Waals surface area contributed by atoms with Crippen molar-refractivity contribution in [3.8, 4) is 0 Å². The zero-order valence-electron chi connectivity index (χ0n) is 17.0. The molecule has 10 heteroatoms. The predicted octanol–water partition coefficient (Wildman–Crippen LogP) is 3.00. The van der Waals surface area contributed by atoms with E-state index in [1.165, 1.54) is 12.1 Å². The fourth-order valence-corrected chi connectivity index (χ4v) is 4.69. The van der Waals surface area contributed by atoms with Crippen LogP contribution in [0.5, 0.6) is 0 Å². The molecular formula is C19H30F3N3O3S. The molecule has 2 rings (SSSR count). The number of nitrogens with zero attached hydrogens (tertiary/aromatic N) is 1. The van der Waals surface area contributed by atoms with Crippen molar-refractivity contribution in [3.05, 3.63) is 29.6 Å². The number of hydrogen-bond donors (Lipinski definition) is 3. The normalized spacial score (nSPS) is 22.4. The van der Waals surface area contributed by atoms with Gasteiger partial charge < -0.3 is 10.4 Å². The molecule has 0 aliphatic heterocycles. The van der Waals surface area contributed by atoms with Gasteiger partial charge in [-0.2, -0.15) is 13.2 Å². The average Bonchev–Trinajstić information content (AvgIpc) is 2.59. The standard InChI is InChI=1S/C19H30F3N3O3S/c1-18(2,11-13-7-9-14(10-8-13)25-29(3,27)28)23-12-16(26)15-5-4-6-17(24-15)19(20,21)22/h4-6,13-14,16,23,25-26H,7-12H2,1-3H3/t13-,14-,16-/m0/s1. The zero-order valence-corrected chi connectivity index (χ0v) is 17.8. The molecule has 1 heterocycles. The van der Waals surface area contributed by atoms with Crippen LogP contribution in [0.3, 0.4) is 0 Å². The Morgan fingerprint density at radius 2 is 1.83 bits per heavy atom. The van der Waals surface area contributed by atoms with Gasteiger partial charge >= 0.3 is 6.18 Å². The maximum atomic E-state index is 12.8. The van der Waals surface area contributed by atoms with E-state index in [2.05, 4.69) is 15.0 Å². The SMILES string of the molecule is CC(C)(C[C@H]1CC[C@H](NS(C)(=O)=O)CC1)NC[C@H](O)c1cccc(C(F)(F)F)n1. The Kier molecular flexibility index (Phi) is 7.69. The van der Waals surface area contributed by atoms with Gasteiger partial charge in [0, 0.05) is 18.1 Å². The Labute approximate surface area is 170 Å². The third-order valence-electron chi connectivity index (χ3n) is 5.20. The quantitative estimate of drug-likeness (QED) is 0.582. The van der Waals surface area contributed by atoms with Crippen molar-refractivity contribution in [2.24, 2.45) is 5.92 Å². The molecule has 0 radical (unpaired) electrons. The first kappa shape index (κ1) is 24.0. The highest BCUT2D eigenvalue weighted by Crippen LogP contribution is 2.31. The van der Waals surface area contributed by atoms with Crippen LogP contribution >= 0.6 is 0 Å². The molecule has 1 aromatic rings. The molecule has 0 unspecified atom stereocenters. The molecule has 3 N–H and O–H groups in total. The van der Waals surface area contributed by atoms with Crippen LogP contribution in [-0.2, 0) is 16.2 Å². The van der Waals surface area contributed by atoms with Gasteiger partial charge in [0.25, 0.3) is 0 Å². The van der Waals surface area contributed by atoms with Crippen LogP contribution in [-0.4, -0.2) is 42.9 Å². The van der Waals surface area contributed by atoms with Gasteiger partial charge in [0.1, 0.15) is 11.8 Å². The molecule has 1 aliphatic rings. The van der Waals surface area contributed by atoms with Crippen molar-refractivity contribution in [2.75, 3.05) is 12.8 Å². The summed E-state index contributed by atoms with van der Waals surface area (Å²) in [5.41, 5.74) is -1.37. The van der Waals surface area contributed by atoms with Crippen molar-refractivity contribution in [1.29, 1.82) is 0 Å². The summed E-state index contributed by atoms with van der Waals surface area (Å²) in [4.78, 5) is 3.53. The fraction of sp³-hybridized carbons (Fsp3) is 0.737. The molecule has 1 fully saturated rings. The lowest BCUT2D eigenvalue weighted by molar-refractivity contribution is -0.141. The molecule has 1 aromatic heterocycles. The van der Waals surface area contributed by atoms with Gasteiger partial charge in [-0.05, 0) is 64.0 Å². The number of aromatic nitrogens is 1. The molecular weight excluding hydrogens is 407 g/mol. The van der Waals surface area contributed by atoms with E-state index in [0.717, 1.165) is 44.4 Å². The highest BCUT2D eigenvalue weighted by molar-refractivity contribution is 7.88. The molecule has 29 heavy (non-hydrogen) atoms. The zero-order chi connectivity index (χ0) is 21.9. The number of nitrogens with one attached hydrogen (secondary N) is 2. The smallest absolute Gasteiger partial charge is 0.385 e. The maximum absolute atomic E-state index is 12.8. The summed E-state index contributed by atoms with van der Waals surface area (Å²) in [6.45, 7) is 4.06. The number of pyridine rings is 1. The summed E-state index contributed by atoms with van der Waals surface area (Å²) in [6, 6.07) is 3.47. The first-order valence-electron chi connectivity index (χ1n) is 9.70. The largest absolute Gasteiger partial charge is 0.433 e. The minimum atomic E-state index is -4.55. The van der Waals surface area contributed by atoms with Gasteiger partial charge in [0.05, 0.1) is 11.9 Å². The summed E-state index contributed by atoms with van der Waals surface area (Å²) in [7, 11) is -3.20. The number of β-amino-alcohol motifs (C(OH)–C–C–N with tert-alkyl or cyclic N) is 1. The van der Waals surface area contributed by atoms with Crippen molar-refractivity contribution < 1.29 is 26.7 Å². The van der Waals surface area contributed by atoms with Gasteiger partial charge in [0.15, 0.2) is 0 Å². The van der Waals surface area contributed by atoms with Crippen LogP contribution in [0.2, 0.25) is 0 Å². The molecule has 0 saturated heterocycles. The summed E-state index contributed by atoms with van der Waals surface area (Å²) in [5.74, 6) is 0.416. The highest BCUT2D eigenvalue weighted by Gasteiger charge is 2.33. The van der Waals surface area contributed by atoms with Gasteiger partial charge in [-0.15, -0.1) is 0 Å². The monoisotopic (exact) mass is 437 g/mol. The van der Waals surface area contributed by atoms with E-state index in [-0.39, 0.29) is 23.8 Å². The molecule has 1 aliphatic carbocycles. The van der Waals surface area contributed by atoms with Crippen LogP contribution < -0.4 is 10.0 Å². The second kappa shape index (κ2) is 9.28. The van der Waals surface area contributed by atoms with Crippen molar-refractivity contribution >= 4 is 10.0 Å². The van der Waals surface area contributed by atoms with Gasteiger partial charge in [0.2, 0.25) is 10.0 Å². The van der Waals surface area contributed by atoms with Crippen molar-refractivity contribution in [3.63, 3.8) is 0 Å². The first-order chi connectivity index (χ1) is 13.3. The Morgan fingerprint density at radius 3 is 2.38 bits per heavy atom. The number of alkyl halides is 3.